The monoisotopic (exact) mass is 836 g/mol. The molecule has 0 bridgehead atoms. The molecule has 64 heavy (non-hydrogen) atoms. The van der Waals surface area contributed by atoms with Crippen molar-refractivity contribution in [3.63, 3.8) is 0 Å². The molecular weight excluding hydrogens is 800 g/mol. The van der Waals surface area contributed by atoms with Crippen molar-refractivity contribution >= 4 is 40.1 Å². The Bertz CT molecular complexity index is 3400. The molecule has 0 saturated heterocycles. The molecule has 0 saturated carbocycles. The van der Waals surface area contributed by atoms with E-state index in [2.05, 4.69) is 126 Å². The van der Waals surface area contributed by atoms with Crippen molar-refractivity contribution in [2.45, 2.75) is 5.41 Å². The molecule has 0 unspecified atom stereocenters. The third-order valence-electron chi connectivity index (χ3n) is 13.3. The Balaban J connectivity index is 1.05. The zero-order valence-electron chi connectivity index (χ0n) is 34.5. The smallest absolute Gasteiger partial charge is 0.175 e. The van der Waals surface area contributed by atoms with Gasteiger partial charge in [-0.25, -0.2) is 15.0 Å². The summed E-state index contributed by atoms with van der Waals surface area (Å²) in [6.45, 7) is 0. The van der Waals surface area contributed by atoms with Crippen molar-refractivity contribution in [2.75, 3.05) is 4.90 Å². The molecule has 5 nitrogen and oxygen atoms in total. The van der Waals surface area contributed by atoms with Crippen molar-refractivity contribution < 1.29 is 4.57 Å². The van der Waals surface area contributed by atoms with Crippen molar-refractivity contribution in [3.05, 3.63) is 247 Å². The van der Waals surface area contributed by atoms with Gasteiger partial charge in [0.1, 0.15) is 0 Å². The van der Waals surface area contributed by atoms with Crippen molar-refractivity contribution in [1.82, 2.24) is 15.0 Å². The van der Waals surface area contributed by atoms with Gasteiger partial charge in [-0.1, -0.05) is 182 Å². The Labute approximate surface area is 371 Å². The standard InChI is InChI=1S/C58H37N4OP/c63-64(42-22-8-3-9-23-42)53-30-16-14-28-51(53)62(52-29-15-17-31-54(52)64)41-33-35-46-45-34-32-40(57-60-55(38-18-4-1-5-19-38)59-56(61-57)39-20-6-2-7-21-39)36-49(45)58(50(46)37-41)47-26-12-10-24-43(47)44-25-11-13-27-48(44)58/h1-37H. The van der Waals surface area contributed by atoms with Crippen LogP contribution in [0, 0.1) is 0 Å². The third kappa shape index (κ3) is 5.13. The molecule has 1 aromatic heterocycles. The van der Waals surface area contributed by atoms with Gasteiger partial charge in [-0.3, -0.25) is 0 Å². The average molecular weight is 837 g/mol. The van der Waals surface area contributed by atoms with Crippen LogP contribution in [0.3, 0.4) is 0 Å². The lowest BCUT2D eigenvalue weighted by Crippen LogP contribution is -2.36. The predicted octanol–water partition coefficient (Wildman–Crippen LogP) is 12.6. The maximum atomic E-state index is 15.8. The molecular formula is C58H37N4OP. The SMILES string of the molecule is O=P1(c2ccccc2)c2ccccc2N(c2ccc3c(c2)C2(c4ccccc4-c4ccccc42)c2cc(-c4nc(-c5ccccc5)nc(-c5ccccc5)n4)ccc2-3)c2ccccc21. The van der Waals surface area contributed by atoms with E-state index in [0.29, 0.717) is 17.5 Å². The highest BCUT2D eigenvalue weighted by Gasteiger charge is 2.52. The second kappa shape index (κ2) is 14.0. The summed E-state index contributed by atoms with van der Waals surface area (Å²) in [6, 6.07) is 78.1. The van der Waals surface area contributed by atoms with Crippen LogP contribution >= 0.6 is 7.14 Å². The second-order valence-electron chi connectivity index (χ2n) is 16.6. The average Bonchev–Trinajstić information content (AvgIpc) is 3.84. The van der Waals surface area contributed by atoms with Gasteiger partial charge < -0.3 is 9.46 Å². The van der Waals surface area contributed by atoms with E-state index >= 15 is 4.57 Å². The van der Waals surface area contributed by atoms with Gasteiger partial charge in [0.15, 0.2) is 24.6 Å². The van der Waals surface area contributed by atoms with Gasteiger partial charge in [0.05, 0.1) is 16.8 Å². The van der Waals surface area contributed by atoms with Crippen LogP contribution in [0.15, 0.2) is 224 Å². The van der Waals surface area contributed by atoms with Gasteiger partial charge in [0, 0.05) is 38.3 Å². The summed E-state index contributed by atoms with van der Waals surface area (Å²) < 4.78 is 15.8. The van der Waals surface area contributed by atoms with Crippen LogP contribution in [0.2, 0.25) is 0 Å². The molecule has 1 aliphatic heterocycles. The summed E-state index contributed by atoms with van der Waals surface area (Å²) >= 11 is 0. The van der Waals surface area contributed by atoms with Crippen LogP contribution in [-0.2, 0) is 9.98 Å². The zero-order valence-corrected chi connectivity index (χ0v) is 35.4. The molecule has 10 aromatic rings. The van der Waals surface area contributed by atoms with E-state index in [1.807, 2.05) is 103 Å². The number of para-hydroxylation sites is 2. The van der Waals surface area contributed by atoms with Gasteiger partial charge in [-0.15, -0.1) is 0 Å². The largest absolute Gasteiger partial charge is 0.309 e. The second-order valence-corrected chi connectivity index (χ2v) is 19.3. The minimum Gasteiger partial charge on any atom is -0.309 e. The molecule has 2 heterocycles. The van der Waals surface area contributed by atoms with Crippen LogP contribution in [0.5, 0.6) is 0 Å². The Morgan fingerprint density at radius 2 is 0.781 bits per heavy atom. The fourth-order valence-corrected chi connectivity index (χ4v) is 13.6. The van der Waals surface area contributed by atoms with Crippen LogP contribution in [0.4, 0.5) is 17.1 Å². The third-order valence-corrected chi connectivity index (χ3v) is 16.5. The molecule has 0 fully saturated rings. The number of hydrogen-bond acceptors (Lipinski definition) is 5. The van der Waals surface area contributed by atoms with Gasteiger partial charge in [0.2, 0.25) is 0 Å². The maximum absolute atomic E-state index is 15.8. The summed E-state index contributed by atoms with van der Waals surface area (Å²) in [5, 5.41) is 2.50. The van der Waals surface area contributed by atoms with Crippen molar-refractivity contribution in [2.24, 2.45) is 0 Å². The minimum atomic E-state index is -3.22. The summed E-state index contributed by atoms with van der Waals surface area (Å²) in [5.41, 5.74) is 14.6. The number of hydrogen-bond donors (Lipinski definition) is 0. The first kappa shape index (κ1) is 36.7. The normalized spacial score (nSPS) is 14.2. The quantitative estimate of drug-likeness (QED) is 0.162. The first-order chi connectivity index (χ1) is 31.6. The Morgan fingerprint density at radius 1 is 0.359 bits per heavy atom. The van der Waals surface area contributed by atoms with Gasteiger partial charge >= 0.3 is 0 Å². The molecule has 0 amide bonds. The molecule has 0 N–H and O–H groups in total. The van der Waals surface area contributed by atoms with Crippen LogP contribution in [0.25, 0.3) is 56.4 Å². The number of aromatic nitrogens is 3. The van der Waals surface area contributed by atoms with Crippen LogP contribution < -0.4 is 20.8 Å². The number of fused-ring (bicyclic) bond motifs is 12. The maximum Gasteiger partial charge on any atom is 0.175 e. The Morgan fingerprint density at radius 3 is 1.34 bits per heavy atom. The summed E-state index contributed by atoms with van der Waals surface area (Å²) in [5.74, 6) is 1.87. The summed E-state index contributed by atoms with van der Waals surface area (Å²) in [7, 11) is -3.22. The molecule has 13 rings (SSSR count). The van der Waals surface area contributed by atoms with Gasteiger partial charge in [-0.2, -0.15) is 0 Å². The molecule has 300 valence electrons. The number of rotatable bonds is 5. The highest BCUT2D eigenvalue weighted by atomic mass is 31.2. The van der Waals surface area contributed by atoms with Gasteiger partial charge in [-0.05, 0) is 87.0 Å². The predicted molar refractivity (Wildman–Crippen MR) is 260 cm³/mol. The molecule has 0 atom stereocenters. The molecule has 9 aromatic carbocycles. The van der Waals surface area contributed by atoms with E-state index in [0.717, 1.165) is 49.7 Å². The Hall–Kier alpha value is -7.98. The highest BCUT2D eigenvalue weighted by molar-refractivity contribution is 7.86. The Kier molecular flexibility index (Phi) is 8.03. The van der Waals surface area contributed by atoms with Crippen LogP contribution in [0.1, 0.15) is 22.3 Å². The first-order valence-corrected chi connectivity index (χ1v) is 23.3. The fraction of sp³-hybridized carbons (Fsp3) is 0.0172. The highest BCUT2D eigenvalue weighted by Crippen LogP contribution is 2.64. The van der Waals surface area contributed by atoms with E-state index in [-0.39, 0.29) is 0 Å². The topological polar surface area (TPSA) is 59.0 Å². The lowest BCUT2D eigenvalue weighted by Gasteiger charge is -2.38. The molecule has 3 aliphatic rings. The van der Waals surface area contributed by atoms with E-state index < -0.39 is 12.6 Å². The summed E-state index contributed by atoms with van der Waals surface area (Å²) in [6.07, 6.45) is 0. The lowest BCUT2D eigenvalue weighted by molar-refractivity contribution is 0.592. The van der Waals surface area contributed by atoms with Crippen molar-refractivity contribution in [3.8, 4) is 56.4 Å². The molecule has 1 spiro atoms. The fourth-order valence-electron chi connectivity index (χ4n) is 10.6. The minimum absolute atomic E-state index is 0.617. The van der Waals surface area contributed by atoms with E-state index in [1.54, 1.807) is 0 Å². The molecule has 2 aliphatic carbocycles. The number of benzene rings is 9. The first-order valence-electron chi connectivity index (χ1n) is 21.6. The van der Waals surface area contributed by atoms with E-state index in [4.69, 9.17) is 15.0 Å². The summed E-state index contributed by atoms with van der Waals surface area (Å²) in [4.78, 5) is 17.7. The number of anilines is 3. The lowest BCUT2D eigenvalue weighted by atomic mass is 9.70. The number of nitrogens with zero attached hydrogens (tertiary/aromatic N) is 4. The zero-order chi connectivity index (χ0) is 42.4. The van der Waals surface area contributed by atoms with E-state index in [1.165, 1.54) is 44.5 Å². The van der Waals surface area contributed by atoms with Crippen LogP contribution in [-0.4, -0.2) is 15.0 Å². The molecule has 6 heteroatoms. The van der Waals surface area contributed by atoms with E-state index in [9.17, 15) is 0 Å². The molecule has 0 radical (unpaired) electrons. The van der Waals surface area contributed by atoms with Gasteiger partial charge in [0.25, 0.3) is 0 Å². The van der Waals surface area contributed by atoms with Crippen molar-refractivity contribution in [1.29, 1.82) is 0 Å².